The molecule has 1 aliphatic rings. The lowest BCUT2D eigenvalue weighted by Crippen LogP contribution is -2.44. The van der Waals surface area contributed by atoms with Crippen molar-refractivity contribution in [1.82, 2.24) is 4.90 Å². The van der Waals surface area contributed by atoms with Gasteiger partial charge in [0.15, 0.2) is 0 Å². The van der Waals surface area contributed by atoms with Gasteiger partial charge in [-0.15, -0.1) is 0 Å². The van der Waals surface area contributed by atoms with E-state index in [2.05, 4.69) is 43.0 Å². The van der Waals surface area contributed by atoms with Gasteiger partial charge in [-0.3, -0.25) is 4.79 Å². The van der Waals surface area contributed by atoms with E-state index in [0.29, 0.717) is 11.9 Å². The molecule has 2 heteroatoms. The number of carbonyl (C=O) groups is 1. The Kier molecular flexibility index (Phi) is 4.40. The number of piperidine rings is 1. The topological polar surface area (TPSA) is 20.3 Å². The zero-order valence-corrected chi connectivity index (χ0v) is 11.4. The highest BCUT2D eigenvalue weighted by Gasteiger charge is 2.31. The molecule has 0 bridgehead atoms. The van der Waals surface area contributed by atoms with Gasteiger partial charge in [0, 0.05) is 12.5 Å². The van der Waals surface area contributed by atoms with Crippen molar-refractivity contribution in [3.8, 4) is 0 Å². The van der Waals surface area contributed by atoms with Crippen LogP contribution in [0.1, 0.15) is 57.6 Å². The number of likely N-dealkylation sites (tertiary alicyclic amines) is 1. The van der Waals surface area contributed by atoms with Crippen molar-refractivity contribution >= 4 is 5.91 Å². The quantitative estimate of drug-likeness (QED) is 0.787. The molecule has 1 fully saturated rings. The van der Waals surface area contributed by atoms with Gasteiger partial charge in [-0.25, -0.2) is 0 Å². The Balaban J connectivity index is 2.19. The second kappa shape index (κ2) is 6.03. The highest BCUT2D eigenvalue weighted by Crippen LogP contribution is 2.31. The van der Waals surface area contributed by atoms with Gasteiger partial charge in [0.2, 0.25) is 5.91 Å². The molecule has 1 aliphatic heterocycles. The number of hydrogen-bond donors (Lipinski definition) is 0. The Morgan fingerprint density at radius 2 is 2.06 bits per heavy atom. The summed E-state index contributed by atoms with van der Waals surface area (Å²) in [7, 11) is 0. The molecule has 0 spiro atoms. The Morgan fingerprint density at radius 1 is 1.33 bits per heavy atom. The molecule has 2 nitrogen and oxygen atoms in total. The summed E-state index contributed by atoms with van der Waals surface area (Å²) in [6, 6.07) is 11.0. The second-order valence-electron chi connectivity index (χ2n) is 5.22. The van der Waals surface area contributed by atoms with Crippen molar-refractivity contribution in [3.05, 3.63) is 35.9 Å². The largest absolute Gasteiger partial charge is 0.333 e. The third kappa shape index (κ3) is 2.74. The highest BCUT2D eigenvalue weighted by molar-refractivity contribution is 5.77. The average molecular weight is 245 g/mol. The molecule has 98 valence electrons. The average Bonchev–Trinajstić information content (AvgIpc) is 2.40. The normalized spacial score (nSPS) is 22.0. The van der Waals surface area contributed by atoms with Crippen LogP contribution in [0.4, 0.5) is 0 Å². The van der Waals surface area contributed by atoms with E-state index in [1.165, 1.54) is 5.56 Å². The Bertz CT molecular complexity index is 385. The zero-order valence-electron chi connectivity index (χ0n) is 11.4. The van der Waals surface area contributed by atoms with Gasteiger partial charge >= 0.3 is 0 Å². The summed E-state index contributed by atoms with van der Waals surface area (Å²) in [5.74, 6) is 0.330. The van der Waals surface area contributed by atoms with E-state index in [0.717, 1.165) is 32.1 Å². The SMILES string of the molecule is CCC[C@H]1CCCC(=O)N1[C@H](C)c1ccccc1. The molecule has 0 N–H and O–H groups in total. The van der Waals surface area contributed by atoms with Crippen LogP contribution in [-0.4, -0.2) is 16.8 Å². The molecule has 0 saturated carbocycles. The minimum Gasteiger partial charge on any atom is -0.333 e. The molecule has 0 radical (unpaired) electrons. The van der Waals surface area contributed by atoms with Crippen LogP contribution >= 0.6 is 0 Å². The monoisotopic (exact) mass is 245 g/mol. The standard InChI is InChI=1S/C16H23NO/c1-3-8-15-11-7-12-16(18)17(15)13(2)14-9-5-4-6-10-14/h4-6,9-10,13,15H,3,7-8,11-12H2,1-2H3/t13-,15+/m1/s1. The van der Waals surface area contributed by atoms with Crippen LogP contribution in [0.3, 0.4) is 0 Å². The van der Waals surface area contributed by atoms with Gasteiger partial charge in [-0.2, -0.15) is 0 Å². The Morgan fingerprint density at radius 3 is 2.72 bits per heavy atom. The molecule has 0 aromatic heterocycles. The number of rotatable bonds is 4. The van der Waals surface area contributed by atoms with Crippen LogP contribution < -0.4 is 0 Å². The lowest BCUT2D eigenvalue weighted by Gasteiger charge is -2.40. The highest BCUT2D eigenvalue weighted by atomic mass is 16.2. The van der Waals surface area contributed by atoms with Gasteiger partial charge in [-0.1, -0.05) is 43.7 Å². The Hall–Kier alpha value is -1.31. The first-order valence-electron chi connectivity index (χ1n) is 7.10. The van der Waals surface area contributed by atoms with Crippen molar-refractivity contribution in [3.63, 3.8) is 0 Å². The van der Waals surface area contributed by atoms with E-state index < -0.39 is 0 Å². The predicted octanol–water partition coefficient (Wildman–Crippen LogP) is 3.93. The number of hydrogen-bond acceptors (Lipinski definition) is 1. The fourth-order valence-electron chi connectivity index (χ4n) is 3.00. The maximum Gasteiger partial charge on any atom is 0.223 e. The number of nitrogens with zero attached hydrogens (tertiary/aromatic N) is 1. The second-order valence-corrected chi connectivity index (χ2v) is 5.22. The van der Waals surface area contributed by atoms with Gasteiger partial charge in [0.25, 0.3) is 0 Å². The molecule has 0 aliphatic carbocycles. The minimum absolute atomic E-state index is 0.204. The number of carbonyl (C=O) groups excluding carboxylic acids is 1. The lowest BCUT2D eigenvalue weighted by atomic mass is 9.94. The zero-order chi connectivity index (χ0) is 13.0. The van der Waals surface area contributed by atoms with E-state index in [9.17, 15) is 4.79 Å². The van der Waals surface area contributed by atoms with E-state index in [4.69, 9.17) is 0 Å². The van der Waals surface area contributed by atoms with E-state index in [1.54, 1.807) is 0 Å². The molecule has 2 atom stereocenters. The van der Waals surface area contributed by atoms with Crippen molar-refractivity contribution in [2.24, 2.45) is 0 Å². The molecular formula is C16H23NO. The van der Waals surface area contributed by atoms with Crippen LogP contribution in [0.2, 0.25) is 0 Å². The molecular weight excluding hydrogens is 222 g/mol. The maximum absolute atomic E-state index is 12.2. The molecule has 18 heavy (non-hydrogen) atoms. The molecule has 1 heterocycles. The smallest absolute Gasteiger partial charge is 0.223 e. The summed E-state index contributed by atoms with van der Waals surface area (Å²) in [4.78, 5) is 14.3. The van der Waals surface area contributed by atoms with Crippen LogP contribution in [-0.2, 0) is 4.79 Å². The van der Waals surface area contributed by atoms with Crippen LogP contribution in [0.5, 0.6) is 0 Å². The van der Waals surface area contributed by atoms with Gasteiger partial charge < -0.3 is 4.90 Å². The Labute approximate surface area is 110 Å². The summed E-state index contributed by atoms with van der Waals surface area (Å²) in [6.45, 7) is 4.35. The molecule has 2 rings (SSSR count). The van der Waals surface area contributed by atoms with Crippen LogP contribution in [0, 0.1) is 0 Å². The third-order valence-electron chi connectivity index (χ3n) is 3.93. The van der Waals surface area contributed by atoms with Gasteiger partial charge in [-0.05, 0) is 31.7 Å². The van der Waals surface area contributed by atoms with Crippen molar-refractivity contribution < 1.29 is 4.79 Å². The van der Waals surface area contributed by atoms with E-state index in [-0.39, 0.29) is 6.04 Å². The molecule has 1 amide bonds. The van der Waals surface area contributed by atoms with Crippen LogP contribution in [0.15, 0.2) is 30.3 Å². The minimum atomic E-state index is 0.204. The van der Waals surface area contributed by atoms with Gasteiger partial charge in [0.05, 0.1) is 6.04 Å². The van der Waals surface area contributed by atoms with Crippen molar-refractivity contribution in [2.75, 3.05) is 0 Å². The summed E-state index contributed by atoms with van der Waals surface area (Å²) >= 11 is 0. The summed E-state index contributed by atoms with van der Waals surface area (Å²) in [5.41, 5.74) is 1.24. The van der Waals surface area contributed by atoms with Crippen LogP contribution in [0.25, 0.3) is 0 Å². The van der Waals surface area contributed by atoms with Crippen molar-refractivity contribution in [1.29, 1.82) is 0 Å². The summed E-state index contributed by atoms with van der Waals surface area (Å²) in [5, 5.41) is 0. The molecule has 1 aromatic rings. The summed E-state index contributed by atoms with van der Waals surface area (Å²) in [6.07, 6.45) is 5.22. The first kappa shape index (κ1) is 13.1. The fraction of sp³-hybridized carbons (Fsp3) is 0.562. The molecule has 1 saturated heterocycles. The van der Waals surface area contributed by atoms with E-state index >= 15 is 0 Å². The predicted molar refractivity (Wildman–Crippen MR) is 74.3 cm³/mol. The fourth-order valence-corrected chi connectivity index (χ4v) is 3.00. The molecule has 0 unspecified atom stereocenters. The van der Waals surface area contributed by atoms with E-state index in [1.807, 2.05) is 6.07 Å². The third-order valence-corrected chi connectivity index (χ3v) is 3.93. The summed E-state index contributed by atoms with van der Waals surface area (Å²) < 4.78 is 0. The number of amides is 1. The van der Waals surface area contributed by atoms with Gasteiger partial charge in [0.1, 0.15) is 0 Å². The lowest BCUT2D eigenvalue weighted by molar-refractivity contribution is -0.139. The van der Waals surface area contributed by atoms with Crippen molar-refractivity contribution in [2.45, 2.75) is 58.0 Å². The molecule has 1 aromatic carbocycles. The number of benzene rings is 1. The first-order valence-corrected chi connectivity index (χ1v) is 7.10. The first-order chi connectivity index (χ1) is 8.74. The maximum atomic E-state index is 12.2.